The van der Waals surface area contributed by atoms with E-state index in [9.17, 15) is 18.7 Å². The molecule has 0 bridgehead atoms. The second-order valence-corrected chi connectivity index (χ2v) is 8.24. The Balaban J connectivity index is 0.00000272. The number of hydrogen-bond acceptors (Lipinski definition) is 8. The van der Waals surface area contributed by atoms with E-state index in [1.54, 1.807) is 6.92 Å². The Morgan fingerprint density at radius 2 is 1.85 bits per heavy atom. The Morgan fingerprint density at radius 3 is 2.48 bits per heavy atom. The first-order valence-corrected chi connectivity index (χ1v) is 10.9. The summed E-state index contributed by atoms with van der Waals surface area (Å²) in [5, 5.41) is 22.3. The lowest BCUT2D eigenvalue weighted by Crippen LogP contribution is -2.43. The van der Waals surface area contributed by atoms with Gasteiger partial charge in [-0.05, 0) is 58.5 Å². The average molecular weight is 515 g/mol. The minimum Gasteiger partial charge on any atom is -0.393 e. The summed E-state index contributed by atoms with van der Waals surface area (Å²) >= 11 is 0. The van der Waals surface area contributed by atoms with E-state index in [1.165, 1.54) is 6.20 Å². The summed E-state index contributed by atoms with van der Waals surface area (Å²) in [6.07, 6.45) is 5.78. The standard InChI is InChI=1S/C20H32F2N6O3.2ClH/c1-12(11-31-19(21)22)25-20-24-10-16(18(30)27-14-6-8-23-9-7-14)17(28-20)26-13-2-4-15(29)5-3-13;;/h10,12-15,19,23,29H,2-9,11H2,1H3,(H,27,30)(H2,24,25,26,28);2*1H/t12-,13?,15?;;/m0../s1. The second-order valence-electron chi connectivity index (χ2n) is 8.24. The molecule has 0 unspecified atom stereocenters. The molecular formula is C20H34Cl2F2N6O3. The van der Waals surface area contributed by atoms with Crippen molar-refractivity contribution in [3.63, 3.8) is 0 Å². The van der Waals surface area contributed by atoms with Crippen molar-refractivity contribution in [3.05, 3.63) is 11.8 Å². The molecule has 1 aromatic rings. The summed E-state index contributed by atoms with van der Waals surface area (Å²) in [7, 11) is 0. The highest BCUT2D eigenvalue weighted by Gasteiger charge is 2.24. The first kappa shape index (κ1) is 29.5. The van der Waals surface area contributed by atoms with Crippen LogP contribution in [-0.4, -0.2) is 71.5 Å². The van der Waals surface area contributed by atoms with Crippen molar-refractivity contribution in [2.45, 2.75) is 76.3 Å². The topological polar surface area (TPSA) is 120 Å². The molecule has 5 N–H and O–H groups in total. The smallest absolute Gasteiger partial charge is 0.345 e. The summed E-state index contributed by atoms with van der Waals surface area (Å²) in [6, 6.07) is -0.270. The Morgan fingerprint density at radius 1 is 1.18 bits per heavy atom. The Kier molecular flexibility index (Phi) is 13.1. The molecule has 1 saturated carbocycles. The van der Waals surface area contributed by atoms with E-state index in [1.807, 2.05) is 0 Å². The van der Waals surface area contributed by atoms with Crippen molar-refractivity contribution in [1.82, 2.24) is 20.6 Å². The Labute approximate surface area is 205 Å². The summed E-state index contributed by atoms with van der Waals surface area (Å²) in [5.41, 5.74) is 0.340. The van der Waals surface area contributed by atoms with Crippen LogP contribution in [0.25, 0.3) is 0 Å². The quantitative estimate of drug-likeness (QED) is 0.341. The number of anilines is 2. The zero-order valence-corrected chi connectivity index (χ0v) is 20.2. The molecule has 1 aromatic heterocycles. The fourth-order valence-electron chi connectivity index (χ4n) is 3.85. The number of aliphatic hydroxyl groups excluding tert-OH is 1. The van der Waals surface area contributed by atoms with Gasteiger partial charge in [0.1, 0.15) is 11.4 Å². The van der Waals surface area contributed by atoms with Gasteiger partial charge in [0, 0.05) is 24.3 Å². The number of aliphatic hydroxyl groups is 1. The van der Waals surface area contributed by atoms with Crippen LogP contribution in [0.2, 0.25) is 0 Å². The monoisotopic (exact) mass is 514 g/mol. The van der Waals surface area contributed by atoms with Crippen LogP contribution < -0.4 is 21.3 Å². The predicted octanol–water partition coefficient (Wildman–Crippen LogP) is 2.56. The van der Waals surface area contributed by atoms with Crippen molar-refractivity contribution >= 4 is 42.5 Å². The van der Waals surface area contributed by atoms with Gasteiger partial charge in [0.2, 0.25) is 5.95 Å². The number of carbonyl (C=O) groups excluding carboxylic acids is 1. The number of hydrogen-bond donors (Lipinski definition) is 5. The van der Waals surface area contributed by atoms with Crippen molar-refractivity contribution in [1.29, 1.82) is 0 Å². The van der Waals surface area contributed by atoms with E-state index in [0.29, 0.717) is 24.2 Å². The van der Waals surface area contributed by atoms with E-state index in [4.69, 9.17) is 0 Å². The third-order valence-corrected chi connectivity index (χ3v) is 5.59. The van der Waals surface area contributed by atoms with Gasteiger partial charge in [-0.15, -0.1) is 24.8 Å². The first-order chi connectivity index (χ1) is 14.9. The molecular weight excluding hydrogens is 481 g/mol. The molecule has 0 spiro atoms. The minimum atomic E-state index is -2.84. The number of ether oxygens (including phenoxy) is 1. The van der Waals surface area contributed by atoms with Crippen molar-refractivity contribution < 1.29 is 23.4 Å². The molecule has 1 saturated heterocycles. The third kappa shape index (κ3) is 9.70. The van der Waals surface area contributed by atoms with Crippen LogP contribution in [0, 0.1) is 0 Å². The van der Waals surface area contributed by atoms with Crippen LogP contribution in [0.3, 0.4) is 0 Å². The van der Waals surface area contributed by atoms with Crippen LogP contribution in [-0.2, 0) is 4.74 Å². The predicted molar refractivity (Wildman–Crippen MR) is 127 cm³/mol. The number of aromatic nitrogens is 2. The molecule has 0 aromatic carbocycles. The lowest BCUT2D eigenvalue weighted by molar-refractivity contribution is -0.130. The zero-order chi connectivity index (χ0) is 22.2. The lowest BCUT2D eigenvalue weighted by Gasteiger charge is -2.28. The van der Waals surface area contributed by atoms with Gasteiger partial charge in [0.15, 0.2) is 0 Å². The van der Waals surface area contributed by atoms with E-state index in [0.717, 1.165) is 38.8 Å². The number of halogens is 4. The van der Waals surface area contributed by atoms with Gasteiger partial charge in [-0.2, -0.15) is 13.8 Å². The maximum absolute atomic E-state index is 12.9. The minimum absolute atomic E-state index is 0. The van der Waals surface area contributed by atoms with E-state index >= 15 is 0 Å². The highest BCUT2D eigenvalue weighted by molar-refractivity contribution is 5.98. The molecule has 0 radical (unpaired) electrons. The molecule has 190 valence electrons. The molecule has 2 aliphatic rings. The number of piperidine rings is 1. The Hall–Kier alpha value is -1.53. The second kappa shape index (κ2) is 14.7. The summed E-state index contributed by atoms with van der Waals surface area (Å²) < 4.78 is 28.8. The maximum atomic E-state index is 12.9. The van der Waals surface area contributed by atoms with Gasteiger partial charge in [0.05, 0.1) is 12.7 Å². The zero-order valence-electron chi connectivity index (χ0n) is 18.6. The van der Waals surface area contributed by atoms with Crippen LogP contribution in [0.15, 0.2) is 6.20 Å². The van der Waals surface area contributed by atoms with Crippen molar-refractivity contribution in [2.24, 2.45) is 0 Å². The summed E-state index contributed by atoms with van der Waals surface area (Å²) in [4.78, 5) is 21.6. The van der Waals surface area contributed by atoms with E-state index in [2.05, 4.69) is 36.0 Å². The molecule has 9 nitrogen and oxygen atoms in total. The molecule has 2 fully saturated rings. The number of rotatable bonds is 9. The largest absolute Gasteiger partial charge is 0.393 e. The van der Waals surface area contributed by atoms with E-state index < -0.39 is 12.7 Å². The fraction of sp³-hybridized carbons (Fsp3) is 0.750. The molecule has 1 amide bonds. The van der Waals surface area contributed by atoms with Gasteiger partial charge < -0.3 is 31.1 Å². The number of carbonyl (C=O) groups is 1. The third-order valence-electron chi connectivity index (χ3n) is 5.59. The number of nitrogens with zero attached hydrogens (tertiary/aromatic N) is 2. The normalized spacial score (nSPS) is 22.0. The van der Waals surface area contributed by atoms with Gasteiger partial charge in [-0.1, -0.05) is 0 Å². The van der Waals surface area contributed by atoms with Crippen molar-refractivity contribution in [2.75, 3.05) is 30.3 Å². The average Bonchev–Trinajstić information content (AvgIpc) is 2.75. The SMILES string of the molecule is C[C@@H](COC(F)F)Nc1ncc(C(=O)NC2CCNCC2)c(NC2CCC(O)CC2)n1.Cl.Cl. The first-order valence-electron chi connectivity index (χ1n) is 10.9. The van der Waals surface area contributed by atoms with Crippen molar-refractivity contribution in [3.8, 4) is 0 Å². The molecule has 13 heteroatoms. The Bertz CT molecular complexity index is 723. The number of amides is 1. The lowest BCUT2D eigenvalue weighted by atomic mass is 9.93. The van der Waals surface area contributed by atoms with Gasteiger partial charge >= 0.3 is 6.61 Å². The van der Waals surface area contributed by atoms with E-state index in [-0.39, 0.29) is 61.5 Å². The summed E-state index contributed by atoms with van der Waals surface area (Å²) in [5.74, 6) is 0.375. The van der Waals surface area contributed by atoms with Crippen LogP contribution in [0.5, 0.6) is 0 Å². The maximum Gasteiger partial charge on any atom is 0.345 e. The fourth-order valence-corrected chi connectivity index (χ4v) is 3.85. The van der Waals surface area contributed by atoms with Gasteiger partial charge in [-0.25, -0.2) is 4.98 Å². The van der Waals surface area contributed by atoms with Crippen LogP contribution >= 0.6 is 24.8 Å². The van der Waals surface area contributed by atoms with Gasteiger partial charge in [-0.3, -0.25) is 4.79 Å². The highest BCUT2D eigenvalue weighted by Crippen LogP contribution is 2.24. The summed E-state index contributed by atoms with van der Waals surface area (Å²) in [6.45, 7) is 0.350. The van der Waals surface area contributed by atoms with Crippen LogP contribution in [0.4, 0.5) is 20.5 Å². The highest BCUT2D eigenvalue weighted by atomic mass is 35.5. The molecule has 2 heterocycles. The number of nitrogens with one attached hydrogen (secondary N) is 4. The molecule has 33 heavy (non-hydrogen) atoms. The number of alkyl halides is 2. The molecule has 1 aliphatic heterocycles. The molecule has 1 aliphatic carbocycles. The molecule has 3 rings (SSSR count). The molecule has 1 atom stereocenters. The van der Waals surface area contributed by atoms with Crippen LogP contribution in [0.1, 0.15) is 55.8 Å². The van der Waals surface area contributed by atoms with Gasteiger partial charge in [0.25, 0.3) is 5.91 Å².